The van der Waals surface area contributed by atoms with Crippen LogP contribution in [0.4, 0.5) is 4.39 Å². The number of esters is 1. The molecule has 0 amide bonds. The van der Waals surface area contributed by atoms with E-state index in [1.54, 1.807) is 12.1 Å². The van der Waals surface area contributed by atoms with E-state index >= 15 is 0 Å². The molecule has 1 atom stereocenters. The maximum atomic E-state index is 13.7. The van der Waals surface area contributed by atoms with Gasteiger partial charge < -0.3 is 4.74 Å². The summed E-state index contributed by atoms with van der Waals surface area (Å²) < 4.78 is 19.2. The van der Waals surface area contributed by atoms with Gasteiger partial charge in [-0.15, -0.1) is 0 Å². The van der Waals surface area contributed by atoms with E-state index in [-0.39, 0.29) is 17.7 Å². The van der Waals surface area contributed by atoms with Gasteiger partial charge in [-0.1, -0.05) is 15.9 Å². The van der Waals surface area contributed by atoms with E-state index in [0.29, 0.717) is 5.56 Å². The molecule has 1 saturated carbocycles. The molecule has 1 unspecified atom stereocenters. The summed E-state index contributed by atoms with van der Waals surface area (Å²) in [5.41, 5.74) is 0.434. The largest absolute Gasteiger partial charge is 0.469 e. The van der Waals surface area contributed by atoms with Crippen molar-refractivity contribution in [1.82, 2.24) is 0 Å². The van der Waals surface area contributed by atoms with Crippen LogP contribution in [0.2, 0.25) is 0 Å². The molecule has 0 heterocycles. The SMILES string of the molecule is COC(=O)C(c1cc(Br)ccc1F)C1CC1. The molecule has 1 fully saturated rings. The molecule has 0 spiro atoms. The van der Waals surface area contributed by atoms with Gasteiger partial charge in [0, 0.05) is 10.0 Å². The Morgan fingerprint density at radius 3 is 2.81 bits per heavy atom. The molecule has 86 valence electrons. The van der Waals surface area contributed by atoms with Crippen LogP contribution in [0.3, 0.4) is 0 Å². The fourth-order valence-electron chi connectivity index (χ4n) is 1.88. The van der Waals surface area contributed by atoms with Crippen LogP contribution in [0.15, 0.2) is 22.7 Å². The summed E-state index contributed by atoms with van der Waals surface area (Å²) in [6.07, 6.45) is 1.93. The first-order valence-corrected chi connectivity index (χ1v) is 5.95. The molecule has 0 bridgehead atoms. The topological polar surface area (TPSA) is 26.3 Å². The zero-order valence-corrected chi connectivity index (χ0v) is 10.5. The highest BCUT2D eigenvalue weighted by Crippen LogP contribution is 2.44. The number of carbonyl (C=O) groups excluding carboxylic acids is 1. The Balaban J connectivity index is 2.37. The van der Waals surface area contributed by atoms with Crippen LogP contribution in [-0.4, -0.2) is 13.1 Å². The van der Waals surface area contributed by atoms with Crippen molar-refractivity contribution < 1.29 is 13.9 Å². The van der Waals surface area contributed by atoms with E-state index < -0.39 is 5.92 Å². The summed E-state index contributed by atoms with van der Waals surface area (Å²) in [6.45, 7) is 0. The van der Waals surface area contributed by atoms with E-state index in [9.17, 15) is 9.18 Å². The number of halogens is 2. The third kappa shape index (κ3) is 2.26. The average molecular weight is 287 g/mol. The van der Waals surface area contributed by atoms with Crippen LogP contribution >= 0.6 is 15.9 Å². The minimum atomic E-state index is -0.456. The smallest absolute Gasteiger partial charge is 0.313 e. The zero-order chi connectivity index (χ0) is 11.7. The van der Waals surface area contributed by atoms with Crippen molar-refractivity contribution in [2.45, 2.75) is 18.8 Å². The molecule has 4 heteroatoms. The lowest BCUT2D eigenvalue weighted by atomic mass is 9.94. The Morgan fingerprint density at radius 2 is 2.25 bits per heavy atom. The minimum Gasteiger partial charge on any atom is -0.469 e. The molecule has 1 aromatic rings. The lowest BCUT2D eigenvalue weighted by Crippen LogP contribution is -2.17. The number of carbonyl (C=O) groups is 1. The predicted octanol–water partition coefficient (Wildman–Crippen LogP) is 3.25. The first kappa shape index (κ1) is 11.6. The van der Waals surface area contributed by atoms with Crippen molar-refractivity contribution in [1.29, 1.82) is 0 Å². The molecule has 0 saturated heterocycles. The van der Waals surface area contributed by atoms with Crippen LogP contribution in [0.5, 0.6) is 0 Å². The lowest BCUT2D eigenvalue weighted by Gasteiger charge is -2.15. The maximum absolute atomic E-state index is 13.7. The minimum absolute atomic E-state index is 0.233. The Hall–Kier alpha value is -0.900. The summed E-state index contributed by atoms with van der Waals surface area (Å²) in [6, 6.07) is 4.66. The fourth-order valence-corrected chi connectivity index (χ4v) is 2.26. The van der Waals surface area contributed by atoms with Crippen molar-refractivity contribution in [2.75, 3.05) is 7.11 Å². The molecular formula is C12H12BrFO2. The quantitative estimate of drug-likeness (QED) is 0.798. The molecule has 0 aromatic heterocycles. The first-order valence-electron chi connectivity index (χ1n) is 5.16. The second-order valence-corrected chi connectivity index (χ2v) is 4.92. The predicted molar refractivity (Wildman–Crippen MR) is 61.6 cm³/mol. The van der Waals surface area contributed by atoms with Gasteiger partial charge in [0.15, 0.2) is 0 Å². The number of benzene rings is 1. The molecule has 2 rings (SSSR count). The zero-order valence-electron chi connectivity index (χ0n) is 8.87. The summed E-state index contributed by atoms with van der Waals surface area (Å²) in [5.74, 6) is -0.913. The Morgan fingerprint density at radius 1 is 1.56 bits per heavy atom. The standard InChI is InChI=1S/C12H12BrFO2/c1-16-12(15)11(7-2-3-7)9-6-8(13)4-5-10(9)14/h4-7,11H,2-3H2,1H3. The molecule has 16 heavy (non-hydrogen) atoms. The molecule has 0 radical (unpaired) electrons. The van der Waals surface area contributed by atoms with E-state index in [1.807, 2.05) is 0 Å². The van der Waals surface area contributed by atoms with Gasteiger partial charge in [0.2, 0.25) is 0 Å². The number of hydrogen-bond acceptors (Lipinski definition) is 2. The summed E-state index contributed by atoms with van der Waals surface area (Å²) in [7, 11) is 1.34. The molecule has 1 aromatic carbocycles. The summed E-state index contributed by atoms with van der Waals surface area (Å²) in [5, 5.41) is 0. The first-order chi connectivity index (χ1) is 7.63. The van der Waals surface area contributed by atoms with Crippen LogP contribution in [0, 0.1) is 11.7 Å². The molecular weight excluding hydrogens is 275 g/mol. The molecule has 0 N–H and O–H groups in total. The molecule has 1 aliphatic carbocycles. The second-order valence-electron chi connectivity index (χ2n) is 4.00. The summed E-state index contributed by atoms with van der Waals surface area (Å²) in [4.78, 5) is 11.7. The number of ether oxygens (including phenoxy) is 1. The Labute approximate surface area is 102 Å². The van der Waals surface area contributed by atoms with E-state index in [1.165, 1.54) is 13.2 Å². The van der Waals surface area contributed by atoms with E-state index in [2.05, 4.69) is 15.9 Å². The van der Waals surface area contributed by atoms with Crippen LogP contribution in [-0.2, 0) is 9.53 Å². The average Bonchev–Trinajstić information content (AvgIpc) is 3.07. The normalized spacial score (nSPS) is 16.9. The van der Waals surface area contributed by atoms with Crippen molar-refractivity contribution in [3.63, 3.8) is 0 Å². The highest BCUT2D eigenvalue weighted by molar-refractivity contribution is 9.10. The second kappa shape index (κ2) is 4.53. The fraction of sp³-hybridized carbons (Fsp3) is 0.417. The van der Waals surface area contributed by atoms with Crippen molar-refractivity contribution >= 4 is 21.9 Å². The third-order valence-corrected chi connectivity index (χ3v) is 3.33. The van der Waals surface area contributed by atoms with Crippen molar-refractivity contribution in [2.24, 2.45) is 5.92 Å². The summed E-state index contributed by atoms with van der Waals surface area (Å²) >= 11 is 3.29. The van der Waals surface area contributed by atoms with Gasteiger partial charge in [0.1, 0.15) is 5.82 Å². The van der Waals surface area contributed by atoms with Gasteiger partial charge in [0.05, 0.1) is 13.0 Å². The maximum Gasteiger partial charge on any atom is 0.313 e. The van der Waals surface area contributed by atoms with Gasteiger partial charge in [-0.05, 0) is 37.0 Å². The third-order valence-electron chi connectivity index (χ3n) is 2.84. The monoisotopic (exact) mass is 286 g/mol. The Kier molecular flexibility index (Phi) is 3.28. The van der Waals surface area contributed by atoms with E-state index in [0.717, 1.165) is 17.3 Å². The van der Waals surface area contributed by atoms with Crippen LogP contribution in [0.25, 0.3) is 0 Å². The van der Waals surface area contributed by atoms with Gasteiger partial charge in [-0.3, -0.25) is 4.79 Å². The van der Waals surface area contributed by atoms with Gasteiger partial charge in [-0.25, -0.2) is 4.39 Å². The van der Waals surface area contributed by atoms with Crippen LogP contribution < -0.4 is 0 Å². The van der Waals surface area contributed by atoms with Crippen LogP contribution in [0.1, 0.15) is 24.3 Å². The number of rotatable bonds is 3. The van der Waals surface area contributed by atoms with Gasteiger partial charge in [0.25, 0.3) is 0 Å². The Bertz CT molecular complexity index is 415. The van der Waals surface area contributed by atoms with E-state index in [4.69, 9.17) is 4.74 Å². The molecule has 2 nitrogen and oxygen atoms in total. The van der Waals surface area contributed by atoms with Crippen molar-refractivity contribution in [3.8, 4) is 0 Å². The number of methoxy groups -OCH3 is 1. The highest BCUT2D eigenvalue weighted by atomic mass is 79.9. The van der Waals surface area contributed by atoms with Gasteiger partial charge >= 0.3 is 5.97 Å². The molecule has 0 aliphatic heterocycles. The lowest BCUT2D eigenvalue weighted by molar-refractivity contribution is -0.143. The molecule has 1 aliphatic rings. The van der Waals surface area contributed by atoms with Crippen molar-refractivity contribution in [3.05, 3.63) is 34.1 Å². The highest BCUT2D eigenvalue weighted by Gasteiger charge is 2.39. The van der Waals surface area contributed by atoms with Gasteiger partial charge in [-0.2, -0.15) is 0 Å². The number of hydrogen-bond donors (Lipinski definition) is 0.